The Balaban J connectivity index is 1.57. The van der Waals surface area contributed by atoms with E-state index in [1.807, 2.05) is 56.0 Å². The highest BCUT2D eigenvalue weighted by Crippen LogP contribution is 2.34. The van der Waals surface area contributed by atoms with Crippen molar-refractivity contribution in [1.82, 2.24) is 25.7 Å². The summed E-state index contributed by atoms with van der Waals surface area (Å²) in [5.74, 6) is 1.65. The van der Waals surface area contributed by atoms with Crippen LogP contribution in [-0.4, -0.2) is 72.2 Å². The zero-order valence-corrected chi connectivity index (χ0v) is 20.7. The van der Waals surface area contributed by atoms with Gasteiger partial charge in [0.25, 0.3) is 0 Å². The molecule has 1 saturated heterocycles. The van der Waals surface area contributed by atoms with Crippen molar-refractivity contribution in [2.24, 2.45) is 0 Å². The summed E-state index contributed by atoms with van der Waals surface area (Å²) in [6.07, 6.45) is 0.681. The Morgan fingerprint density at radius 1 is 1.03 bits per heavy atom. The molecule has 2 unspecified atom stereocenters. The predicted octanol–water partition coefficient (Wildman–Crippen LogP) is 3.51. The number of rotatable bonds is 8. The van der Waals surface area contributed by atoms with Gasteiger partial charge in [-0.1, -0.05) is 6.07 Å². The van der Waals surface area contributed by atoms with E-state index in [9.17, 15) is 4.39 Å². The van der Waals surface area contributed by atoms with Crippen molar-refractivity contribution in [2.75, 3.05) is 39.0 Å². The molecule has 0 bridgehead atoms. The van der Waals surface area contributed by atoms with E-state index in [0.717, 1.165) is 16.7 Å². The molecule has 0 aliphatic carbocycles. The second kappa shape index (κ2) is 10.5. The lowest BCUT2D eigenvalue weighted by Crippen LogP contribution is -2.48. The second-order valence-electron chi connectivity index (χ2n) is 9.45. The van der Waals surface area contributed by atoms with Gasteiger partial charge in [-0.2, -0.15) is 5.10 Å². The molecule has 1 aliphatic rings. The molecule has 1 aliphatic heterocycles. The van der Waals surface area contributed by atoms with Crippen LogP contribution in [0, 0.1) is 0 Å². The normalized spacial score (nSPS) is 18.1. The van der Waals surface area contributed by atoms with Gasteiger partial charge in [-0.15, -0.1) is 15.3 Å². The van der Waals surface area contributed by atoms with Crippen LogP contribution in [0.4, 0.5) is 10.2 Å². The third kappa shape index (κ3) is 6.01. The van der Waals surface area contributed by atoms with Gasteiger partial charge in [0.2, 0.25) is 5.88 Å². The molecule has 0 saturated carbocycles. The van der Waals surface area contributed by atoms with Crippen LogP contribution in [0.15, 0.2) is 42.6 Å². The first-order chi connectivity index (χ1) is 16.8. The van der Waals surface area contributed by atoms with E-state index in [0.29, 0.717) is 29.7 Å². The summed E-state index contributed by atoms with van der Waals surface area (Å²) in [5.41, 5.74) is 2.94. The monoisotopic (exact) mass is 482 g/mol. The van der Waals surface area contributed by atoms with Gasteiger partial charge in [-0.25, -0.2) is 4.39 Å². The smallest absolute Gasteiger partial charge is 0.233 e. The molecule has 2 atom stereocenters. The molecule has 3 aromatic rings. The predicted molar refractivity (Wildman–Crippen MR) is 131 cm³/mol. The molecule has 0 radical (unpaired) electrons. The summed E-state index contributed by atoms with van der Waals surface area (Å²) in [5, 5.41) is 20.1. The Morgan fingerprint density at radius 2 is 1.86 bits per heavy atom. The molecule has 1 aromatic carbocycles. The molecule has 1 N–H and O–H groups in total. The zero-order valence-electron chi connectivity index (χ0n) is 20.7. The van der Waals surface area contributed by atoms with Crippen molar-refractivity contribution < 1.29 is 18.6 Å². The number of anilines is 1. The number of hydrogen-bond acceptors (Lipinski definition) is 9. The highest BCUT2D eigenvalue weighted by atomic mass is 19.1. The van der Waals surface area contributed by atoms with Gasteiger partial charge in [0.1, 0.15) is 11.9 Å². The van der Waals surface area contributed by atoms with E-state index in [-0.39, 0.29) is 24.9 Å². The fraction of sp³-hybridized carbons (Fsp3) is 0.440. The van der Waals surface area contributed by atoms with Crippen molar-refractivity contribution in [3.63, 3.8) is 0 Å². The van der Waals surface area contributed by atoms with Gasteiger partial charge in [0.05, 0.1) is 31.6 Å². The van der Waals surface area contributed by atoms with Gasteiger partial charge in [0, 0.05) is 36.4 Å². The second-order valence-corrected chi connectivity index (χ2v) is 9.45. The summed E-state index contributed by atoms with van der Waals surface area (Å²) in [4.78, 5) is 1.92. The summed E-state index contributed by atoms with van der Waals surface area (Å²) in [6, 6.07) is 11.0. The van der Waals surface area contributed by atoms with Crippen LogP contribution in [0.2, 0.25) is 0 Å². The van der Waals surface area contributed by atoms with E-state index >= 15 is 0 Å². The van der Waals surface area contributed by atoms with Crippen LogP contribution < -0.4 is 19.7 Å². The van der Waals surface area contributed by atoms with E-state index in [1.54, 1.807) is 26.5 Å². The Labute approximate surface area is 204 Å². The van der Waals surface area contributed by atoms with E-state index in [2.05, 4.69) is 25.7 Å². The third-order valence-corrected chi connectivity index (χ3v) is 5.61. The number of aromatic nitrogens is 4. The lowest BCUT2D eigenvalue weighted by molar-refractivity contribution is 0.0515. The lowest BCUT2D eigenvalue weighted by atomic mass is 10.0. The summed E-state index contributed by atoms with van der Waals surface area (Å²) in [6.45, 7) is 7.00. The molecule has 186 valence electrons. The fourth-order valence-electron chi connectivity index (χ4n) is 4.04. The van der Waals surface area contributed by atoms with Crippen molar-refractivity contribution in [3.8, 4) is 34.0 Å². The first-order valence-corrected chi connectivity index (χ1v) is 11.4. The topological polar surface area (TPSA) is 94.5 Å². The van der Waals surface area contributed by atoms with E-state index in [1.165, 1.54) is 0 Å². The van der Waals surface area contributed by atoms with Gasteiger partial charge < -0.3 is 24.4 Å². The highest BCUT2D eigenvalue weighted by Gasteiger charge is 2.35. The van der Waals surface area contributed by atoms with Gasteiger partial charge in [0.15, 0.2) is 12.6 Å². The Bertz CT molecular complexity index is 1140. The quantitative estimate of drug-likeness (QED) is 0.484. The first kappa shape index (κ1) is 24.7. The summed E-state index contributed by atoms with van der Waals surface area (Å²) in [7, 11) is 3.11. The van der Waals surface area contributed by atoms with Crippen molar-refractivity contribution in [2.45, 2.75) is 38.5 Å². The largest absolute Gasteiger partial charge is 0.480 e. The van der Waals surface area contributed by atoms with Gasteiger partial charge in [-0.3, -0.25) is 0 Å². The van der Waals surface area contributed by atoms with E-state index in [4.69, 9.17) is 14.2 Å². The molecule has 10 heteroatoms. The molecule has 9 nitrogen and oxygen atoms in total. The number of methoxy groups -OCH3 is 2. The minimum atomic E-state index is -0.974. The number of hydrogen-bond donors (Lipinski definition) is 1. The molecule has 3 heterocycles. The minimum Gasteiger partial charge on any atom is -0.480 e. The van der Waals surface area contributed by atoms with Crippen LogP contribution in [-0.2, 0) is 4.74 Å². The molecule has 2 aromatic heterocycles. The van der Waals surface area contributed by atoms with E-state index < -0.39 is 6.17 Å². The number of nitrogens with one attached hydrogen (secondary N) is 1. The summed E-state index contributed by atoms with van der Waals surface area (Å²) < 4.78 is 30.7. The van der Waals surface area contributed by atoms with Crippen molar-refractivity contribution in [3.05, 3.63) is 42.6 Å². The molecule has 4 rings (SSSR count). The average molecular weight is 483 g/mol. The minimum absolute atomic E-state index is 0.0771. The van der Waals surface area contributed by atoms with Crippen LogP contribution in [0.1, 0.15) is 20.8 Å². The van der Waals surface area contributed by atoms with Crippen molar-refractivity contribution in [1.29, 1.82) is 0 Å². The van der Waals surface area contributed by atoms with Crippen molar-refractivity contribution >= 4 is 5.82 Å². The maximum Gasteiger partial charge on any atom is 0.233 e. The number of benzene rings is 1. The third-order valence-electron chi connectivity index (χ3n) is 5.61. The van der Waals surface area contributed by atoms with Gasteiger partial charge in [-0.05, 0) is 50.6 Å². The highest BCUT2D eigenvalue weighted by molar-refractivity contribution is 5.74. The molecular formula is C25H31FN6O3. The Morgan fingerprint density at radius 3 is 2.54 bits per heavy atom. The molecule has 0 spiro atoms. The first-order valence-electron chi connectivity index (χ1n) is 11.4. The Kier molecular flexibility index (Phi) is 7.42. The number of halogens is 1. The number of ether oxygens (including phenoxy) is 3. The standard InChI is InChI=1S/C25H31FN6O3/c1-25(2,3)28-21-14-32(13-19(21)26)23-9-8-20(29-30-23)18-7-6-16(10-22(18)35-15-33-4)17-11-24(34-5)31-27-12-17/h6-12,19,21,28H,13-15H2,1-5H3. The SMILES string of the molecule is COCOc1cc(-c2cnnc(OC)c2)ccc1-c1ccc(N2CC(F)C(NC(C)(C)C)C2)nn1. The molecule has 1 fully saturated rings. The van der Waals surface area contributed by atoms with Crippen LogP contribution in [0.25, 0.3) is 22.4 Å². The van der Waals surface area contributed by atoms with Crippen LogP contribution in [0.5, 0.6) is 11.6 Å². The molecule has 0 amide bonds. The molecule has 35 heavy (non-hydrogen) atoms. The number of alkyl halides is 1. The summed E-state index contributed by atoms with van der Waals surface area (Å²) >= 11 is 0. The fourth-order valence-corrected chi connectivity index (χ4v) is 4.04. The number of nitrogens with zero attached hydrogens (tertiary/aromatic N) is 5. The maximum absolute atomic E-state index is 14.6. The maximum atomic E-state index is 14.6. The lowest BCUT2D eigenvalue weighted by Gasteiger charge is -2.26. The van der Waals surface area contributed by atoms with Gasteiger partial charge >= 0.3 is 0 Å². The zero-order chi connectivity index (χ0) is 25.0. The van der Waals surface area contributed by atoms with Crippen LogP contribution >= 0.6 is 0 Å². The Hall–Kier alpha value is -3.37. The van der Waals surface area contributed by atoms with Crippen LogP contribution in [0.3, 0.4) is 0 Å². The average Bonchev–Trinajstić information content (AvgIpc) is 3.21. The molecular weight excluding hydrogens is 451 g/mol.